The van der Waals surface area contributed by atoms with Crippen LogP contribution in [0.3, 0.4) is 0 Å². The van der Waals surface area contributed by atoms with E-state index in [1.54, 1.807) is 0 Å². The van der Waals surface area contributed by atoms with Gasteiger partial charge in [-0.25, -0.2) is 4.79 Å². The van der Waals surface area contributed by atoms with Crippen molar-refractivity contribution >= 4 is 5.97 Å². The fourth-order valence-electron chi connectivity index (χ4n) is 3.10. The molecule has 3 heteroatoms. The quantitative estimate of drug-likeness (QED) is 0.217. The van der Waals surface area contributed by atoms with E-state index in [0.29, 0.717) is 13.2 Å². The lowest BCUT2D eigenvalue weighted by Crippen LogP contribution is -2.51. The van der Waals surface area contributed by atoms with Gasteiger partial charge >= 0.3 is 5.97 Å². The molecular weight excluding hydrogens is 286 g/mol. The zero-order chi connectivity index (χ0) is 17.4. The largest absolute Gasteiger partial charge is 0.462 e. The average Bonchev–Trinajstić information content (AvgIpc) is 2.57. The van der Waals surface area contributed by atoms with Crippen LogP contribution in [0.25, 0.3) is 0 Å². The van der Waals surface area contributed by atoms with Crippen molar-refractivity contribution in [2.24, 2.45) is 0 Å². The lowest BCUT2D eigenvalue weighted by atomic mass is 10.1. The van der Waals surface area contributed by atoms with Crippen LogP contribution in [0.4, 0.5) is 0 Å². The minimum Gasteiger partial charge on any atom is -0.462 e. The van der Waals surface area contributed by atoms with Crippen LogP contribution < -0.4 is 0 Å². The number of hydrogen-bond acceptors (Lipinski definition) is 2. The van der Waals surface area contributed by atoms with Gasteiger partial charge in [-0.05, 0) is 27.2 Å². The molecule has 0 aromatic carbocycles. The first kappa shape index (κ1) is 22.4. The second-order valence-electron chi connectivity index (χ2n) is 6.85. The summed E-state index contributed by atoms with van der Waals surface area (Å²) in [4.78, 5) is 12.0. The molecule has 0 aliphatic carbocycles. The van der Waals surface area contributed by atoms with Gasteiger partial charge in [0.25, 0.3) is 0 Å². The Bertz CT molecular complexity index is 267. The van der Waals surface area contributed by atoms with E-state index in [-0.39, 0.29) is 5.97 Å². The summed E-state index contributed by atoms with van der Waals surface area (Å²) in [6, 6.07) is 0. The molecule has 0 unspecified atom stereocenters. The van der Waals surface area contributed by atoms with Gasteiger partial charge in [-0.1, -0.05) is 64.7 Å². The summed E-state index contributed by atoms with van der Waals surface area (Å²) in [5.41, 5.74) is 0. The first-order valence-corrected chi connectivity index (χ1v) is 10.1. The first-order chi connectivity index (χ1) is 11.1. The third kappa shape index (κ3) is 11.6. The molecule has 138 valence electrons. The molecule has 0 aromatic rings. The van der Waals surface area contributed by atoms with Gasteiger partial charge < -0.3 is 9.22 Å². The van der Waals surface area contributed by atoms with Gasteiger partial charge in [0, 0.05) is 0 Å². The van der Waals surface area contributed by atoms with E-state index in [2.05, 4.69) is 27.7 Å². The fourth-order valence-corrected chi connectivity index (χ4v) is 3.10. The van der Waals surface area contributed by atoms with Crippen LogP contribution in [0.5, 0.6) is 0 Å². The van der Waals surface area contributed by atoms with Gasteiger partial charge in [0.15, 0.2) is 6.54 Å². The highest BCUT2D eigenvalue weighted by Gasteiger charge is 2.25. The highest BCUT2D eigenvalue weighted by molar-refractivity contribution is 5.70. The summed E-state index contributed by atoms with van der Waals surface area (Å²) >= 11 is 0. The van der Waals surface area contributed by atoms with Crippen molar-refractivity contribution in [3.63, 3.8) is 0 Å². The molecule has 0 aliphatic heterocycles. The SMILES string of the molecule is CCCCCCCCCCCCOC(=O)C[N+](CC)(CC)CC. The number of rotatable bonds is 16. The number of hydrogen-bond donors (Lipinski definition) is 0. The molecule has 0 amide bonds. The third-order valence-electron chi connectivity index (χ3n) is 5.24. The van der Waals surface area contributed by atoms with Gasteiger partial charge in [-0.15, -0.1) is 0 Å². The summed E-state index contributed by atoms with van der Waals surface area (Å²) in [6.07, 6.45) is 13.1. The molecule has 0 atom stereocenters. The van der Waals surface area contributed by atoms with Crippen LogP contribution in [-0.2, 0) is 9.53 Å². The molecule has 3 nitrogen and oxygen atoms in total. The number of esters is 1. The number of likely N-dealkylation sites (N-methyl/N-ethyl adjacent to an activating group) is 1. The predicted octanol–water partition coefficient (Wildman–Crippen LogP) is 5.33. The Balaban J connectivity index is 3.49. The molecule has 0 N–H and O–H groups in total. The summed E-state index contributed by atoms with van der Waals surface area (Å²) in [5, 5.41) is 0. The second-order valence-corrected chi connectivity index (χ2v) is 6.85. The standard InChI is InChI=1S/C20H42NO2/c1-5-9-10-11-12-13-14-15-16-17-18-23-20(22)19-21(6-2,7-3)8-4/h5-19H2,1-4H3/q+1. The van der Waals surface area contributed by atoms with Gasteiger partial charge in [-0.3, -0.25) is 0 Å². The maximum atomic E-state index is 12.0. The predicted molar refractivity (Wildman–Crippen MR) is 99.6 cm³/mol. The van der Waals surface area contributed by atoms with E-state index in [1.165, 1.54) is 57.8 Å². The van der Waals surface area contributed by atoms with Crippen molar-refractivity contribution < 1.29 is 14.0 Å². The van der Waals surface area contributed by atoms with Crippen LogP contribution in [0.15, 0.2) is 0 Å². The lowest BCUT2D eigenvalue weighted by molar-refractivity contribution is -0.916. The monoisotopic (exact) mass is 328 g/mol. The van der Waals surface area contributed by atoms with E-state index in [1.807, 2.05) is 0 Å². The molecule has 0 saturated carbocycles. The van der Waals surface area contributed by atoms with Gasteiger partial charge in [0.2, 0.25) is 0 Å². The van der Waals surface area contributed by atoms with Gasteiger partial charge in [0.1, 0.15) is 0 Å². The van der Waals surface area contributed by atoms with Gasteiger partial charge in [-0.2, -0.15) is 0 Å². The van der Waals surface area contributed by atoms with E-state index >= 15 is 0 Å². The van der Waals surface area contributed by atoms with Crippen molar-refractivity contribution in [3.8, 4) is 0 Å². The molecule has 0 bridgehead atoms. The summed E-state index contributed by atoms with van der Waals surface area (Å²) in [5.74, 6) is -0.0218. The van der Waals surface area contributed by atoms with Crippen molar-refractivity contribution in [2.75, 3.05) is 32.8 Å². The maximum Gasteiger partial charge on any atom is 0.361 e. The van der Waals surface area contributed by atoms with E-state index in [4.69, 9.17) is 4.74 Å². The first-order valence-electron chi connectivity index (χ1n) is 10.1. The smallest absolute Gasteiger partial charge is 0.361 e. The highest BCUT2D eigenvalue weighted by atomic mass is 16.5. The summed E-state index contributed by atoms with van der Waals surface area (Å²) < 4.78 is 6.26. The number of ether oxygens (including phenoxy) is 1. The third-order valence-corrected chi connectivity index (χ3v) is 5.24. The summed E-state index contributed by atoms with van der Waals surface area (Å²) in [7, 11) is 0. The highest BCUT2D eigenvalue weighted by Crippen LogP contribution is 2.11. The Morgan fingerprint density at radius 3 is 1.57 bits per heavy atom. The Kier molecular flexibility index (Phi) is 14.6. The number of nitrogens with zero attached hydrogens (tertiary/aromatic N) is 1. The van der Waals surface area contributed by atoms with Crippen molar-refractivity contribution in [2.45, 2.75) is 91.9 Å². The van der Waals surface area contributed by atoms with E-state index in [0.717, 1.165) is 30.5 Å². The molecule has 0 radical (unpaired) electrons. The zero-order valence-corrected chi connectivity index (χ0v) is 16.4. The minimum absolute atomic E-state index is 0.0218. The maximum absolute atomic E-state index is 12.0. The van der Waals surface area contributed by atoms with E-state index in [9.17, 15) is 4.79 Å². The molecule has 23 heavy (non-hydrogen) atoms. The Hall–Kier alpha value is -0.570. The fraction of sp³-hybridized carbons (Fsp3) is 0.950. The van der Waals surface area contributed by atoms with Crippen LogP contribution in [-0.4, -0.2) is 43.2 Å². The Morgan fingerprint density at radius 1 is 0.696 bits per heavy atom. The topological polar surface area (TPSA) is 26.3 Å². The number of quaternary nitrogens is 1. The molecule has 0 heterocycles. The van der Waals surface area contributed by atoms with Crippen LogP contribution in [0.2, 0.25) is 0 Å². The summed E-state index contributed by atoms with van der Waals surface area (Å²) in [6.45, 7) is 12.9. The number of carbonyl (C=O) groups is 1. The molecule has 0 spiro atoms. The zero-order valence-electron chi connectivity index (χ0n) is 16.4. The van der Waals surface area contributed by atoms with Crippen molar-refractivity contribution in [1.29, 1.82) is 0 Å². The Labute approximate surface area is 145 Å². The van der Waals surface area contributed by atoms with Crippen LogP contribution in [0, 0.1) is 0 Å². The molecular formula is C20H42NO2+. The molecule has 0 fully saturated rings. The average molecular weight is 329 g/mol. The van der Waals surface area contributed by atoms with E-state index < -0.39 is 0 Å². The molecule has 0 rings (SSSR count). The van der Waals surface area contributed by atoms with Crippen LogP contribution in [0.1, 0.15) is 91.9 Å². The number of carbonyl (C=O) groups excluding carboxylic acids is 1. The normalized spacial score (nSPS) is 11.7. The molecule has 0 aliphatic rings. The molecule has 0 saturated heterocycles. The minimum atomic E-state index is -0.0218. The van der Waals surface area contributed by atoms with Crippen LogP contribution >= 0.6 is 0 Å². The number of unbranched alkanes of at least 4 members (excludes halogenated alkanes) is 9. The molecule has 0 aromatic heterocycles. The second kappa shape index (κ2) is 15.0. The van der Waals surface area contributed by atoms with Crippen molar-refractivity contribution in [3.05, 3.63) is 0 Å². The van der Waals surface area contributed by atoms with Crippen molar-refractivity contribution in [1.82, 2.24) is 0 Å². The Morgan fingerprint density at radius 2 is 1.13 bits per heavy atom. The van der Waals surface area contributed by atoms with Gasteiger partial charge in [0.05, 0.1) is 26.2 Å². The lowest BCUT2D eigenvalue weighted by Gasteiger charge is -2.34.